The van der Waals surface area contributed by atoms with Gasteiger partial charge in [0.25, 0.3) is 0 Å². The summed E-state index contributed by atoms with van der Waals surface area (Å²) in [4.78, 5) is 15.2. The van der Waals surface area contributed by atoms with Crippen molar-refractivity contribution in [2.45, 2.75) is 50.6 Å². The number of nitrogens with zero attached hydrogens (tertiary/aromatic N) is 1. The third-order valence-electron chi connectivity index (χ3n) is 6.24. The number of likely N-dealkylation sites (tertiary alicyclic amines) is 1. The number of rotatable bonds is 9. The first-order chi connectivity index (χ1) is 14.3. The molecule has 1 heterocycles. The van der Waals surface area contributed by atoms with Crippen LogP contribution in [0.4, 0.5) is 4.79 Å². The van der Waals surface area contributed by atoms with Crippen molar-refractivity contribution in [1.29, 1.82) is 0 Å². The van der Waals surface area contributed by atoms with Gasteiger partial charge in [0.15, 0.2) is 0 Å². The lowest BCUT2D eigenvalue weighted by molar-refractivity contribution is 0.233. The van der Waals surface area contributed by atoms with Crippen LogP contribution in [0.25, 0.3) is 0 Å². The van der Waals surface area contributed by atoms with E-state index in [4.69, 9.17) is 0 Å². The van der Waals surface area contributed by atoms with Gasteiger partial charge in [-0.3, -0.25) is 0 Å². The normalized spacial score (nSPS) is 20.3. The number of carbonyl (C=O) groups is 1. The number of amides is 2. The van der Waals surface area contributed by atoms with Gasteiger partial charge in [0, 0.05) is 19.1 Å². The molecule has 29 heavy (non-hydrogen) atoms. The highest BCUT2D eigenvalue weighted by molar-refractivity contribution is 5.74. The Labute approximate surface area is 174 Å². The molecule has 2 atom stereocenters. The van der Waals surface area contributed by atoms with Crippen LogP contribution in [-0.4, -0.2) is 36.6 Å². The molecule has 0 bridgehead atoms. The molecule has 4 rings (SSSR count). The molecule has 1 saturated carbocycles. The van der Waals surface area contributed by atoms with Gasteiger partial charge < -0.3 is 15.5 Å². The first kappa shape index (κ1) is 20.0. The Bertz CT molecular complexity index is 760. The smallest absolute Gasteiger partial charge is 0.315 e. The SMILES string of the molecule is O=C(NCC1CCN(C2CC2)C1)NC(CCCc1ccccc1)c1ccccc1. The van der Waals surface area contributed by atoms with Crippen LogP contribution in [0.1, 0.15) is 49.3 Å². The van der Waals surface area contributed by atoms with Gasteiger partial charge in [0.2, 0.25) is 0 Å². The number of carbonyl (C=O) groups excluding carboxylic acids is 1. The third kappa shape index (κ3) is 6.07. The maximum Gasteiger partial charge on any atom is 0.315 e. The second kappa shape index (κ2) is 9.93. The number of hydrogen-bond donors (Lipinski definition) is 2. The number of hydrogen-bond acceptors (Lipinski definition) is 2. The van der Waals surface area contributed by atoms with Crippen molar-refractivity contribution in [2.75, 3.05) is 19.6 Å². The fourth-order valence-corrected chi connectivity index (χ4v) is 4.41. The first-order valence-corrected chi connectivity index (χ1v) is 11.2. The molecule has 2 unspecified atom stereocenters. The summed E-state index contributed by atoms with van der Waals surface area (Å²) < 4.78 is 0. The topological polar surface area (TPSA) is 44.4 Å². The van der Waals surface area contributed by atoms with Gasteiger partial charge in [-0.2, -0.15) is 0 Å². The molecule has 1 aliphatic heterocycles. The van der Waals surface area contributed by atoms with Crippen LogP contribution in [0.2, 0.25) is 0 Å². The third-order valence-corrected chi connectivity index (χ3v) is 6.24. The summed E-state index contributed by atoms with van der Waals surface area (Å²) in [6.45, 7) is 3.12. The Morgan fingerprint density at radius 1 is 1.00 bits per heavy atom. The number of benzene rings is 2. The molecule has 0 spiro atoms. The molecule has 2 fully saturated rings. The monoisotopic (exact) mass is 391 g/mol. The van der Waals surface area contributed by atoms with Gasteiger partial charge in [-0.05, 0) is 62.1 Å². The van der Waals surface area contributed by atoms with Crippen molar-refractivity contribution < 1.29 is 4.79 Å². The molecule has 0 aromatic heterocycles. The van der Waals surface area contributed by atoms with Crippen molar-refractivity contribution in [1.82, 2.24) is 15.5 Å². The van der Waals surface area contributed by atoms with Gasteiger partial charge in [0.05, 0.1) is 6.04 Å². The molecule has 0 radical (unpaired) electrons. The molecular weight excluding hydrogens is 358 g/mol. The van der Waals surface area contributed by atoms with E-state index >= 15 is 0 Å². The standard InChI is InChI=1S/C25H33N3O/c29-25(26-18-21-16-17-28(19-21)23-14-15-23)27-24(22-11-5-2-6-12-22)13-7-10-20-8-3-1-4-9-20/h1-6,8-9,11-12,21,23-24H,7,10,13-19H2,(H2,26,27,29). The molecule has 1 saturated heterocycles. The van der Waals surface area contributed by atoms with Crippen LogP contribution in [0.3, 0.4) is 0 Å². The largest absolute Gasteiger partial charge is 0.338 e. The Hall–Kier alpha value is -2.33. The molecule has 4 heteroatoms. The zero-order valence-electron chi connectivity index (χ0n) is 17.2. The Morgan fingerprint density at radius 3 is 2.45 bits per heavy atom. The molecule has 154 valence electrons. The van der Waals surface area contributed by atoms with E-state index in [0.717, 1.165) is 38.4 Å². The minimum Gasteiger partial charge on any atom is -0.338 e. The molecule has 2 aliphatic rings. The molecule has 2 aromatic rings. The van der Waals surface area contributed by atoms with E-state index < -0.39 is 0 Å². The summed E-state index contributed by atoms with van der Waals surface area (Å²) in [5.41, 5.74) is 2.53. The van der Waals surface area contributed by atoms with Crippen LogP contribution >= 0.6 is 0 Å². The number of aryl methyl sites for hydroxylation is 1. The van der Waals surface area contributed by atoms with Crippen LogP contribution in [0, 0.1) is 5.92 Å². The van der Waals surface area contributed by atoms with Gasteiger partial charge in [-0.25, -0.2) is 4.79 Å². The van der Waals surface area contributed by atoms with E-state index in [9.17, 15) is 4.79 Å². The molecule has 2 amide bonds. The van der Waals surface area contributed by atoms with Crippen LogP contribution in [-0.2, 0) is 6.42 Å². The molecule has 4 nitrogen and oxygen atoms in total. The van der Waals surface area contributed by atoms with E-state index in [1.165, 1.54) is 36.9 Å². The Morgan fingerprint density at radius 2 is 1.72 bits per heavy atom. The number of nitrogens with one attached hydrogen (secondary N) is 2. The summed E-state index contributed by atoms with van der Waals surface area (Å²) in [6, 6.07) is 21.7. The first-order valence-electron chi connectivity index (χ1n) is 11.2. The predicted molar refractivity (Wildman–Crippen MR) is 118 cm³/mol. The lowest BCUT2D eigenvalue weighted by Gasteiger charge is -2.21. The van der Waals surface area contributed by atoms with Crippen LogP contribution in [0.5, 0.6) is 0 Å². The van der Waals surface area contributed by atoms with Gasteiger partial charge >= 0.3 is 6.03 Å². The maximum atomic E-state index is 12.6. The minimum absolute atomic E-state index is 0.0385. The average Bonchev–Trinajstić information content (AvgIpc) is 3.51. The molecule has 2 aromatic carbocycles. The maximum absolute atomic E-state index is 12.6. The van der Waals surface area contributed by atoms with E-state index in [0.29, 0.717) is 5.92 Å². The van der Waals surface area contributed by atoms with Crippen molar-refractivity contribution in [3.05, 3.63) is 71.8 Å². The highest BCUT2D eigenvalue weighted by Gasteiger charge is 2.34. The quantitative estimate of drug-likeness (QED) is 0.659. The van der Waals surface area contributed by atoms with Crippen LogP contribution < -0.4 is 10.6 Å². The second-order valence-electron chi connectivity index (χ2n) is 8.58. The highest BCUT2D eigenvalue weighted by Crippen LogP contribution is 2.31. The second-order valence-corrected chi connectivity index (χ2v) is 8.58. The minimum atomic E-state index is -0.0385. The Kier molecular flexibility index (Phi) is 6.83. The van der Waals surface area contributed by atoms with E-state index in [2.05, 4.69) is 58.0 Å². The lowest BCUT2D eigenvalue weighted by atomic mass is 9.99. The van der Waals surface area contributed by atoms with Crippen molar-refractivity contribution in [3.8, 4) is 0 Å². The molecular formula is C25H33N3O. The van der Waals surface area contributed by atoms with Crippen molar-refractivity contribution >= 4 is 6.03 Å². The zero-order valence-corrected chi connectivity index (χ0v) is 17.2. The molecule has 2 N–H and O–H groups in total. The zero-order chi connectivity index (χ0) is 19.9. The van der Waals surface area contributed by atoms with Crippen LogP contribution in [0.15, 0.2) is 60.7 Å². The highest BCUT2D eigenvalue weighted by atomic mass is 16.2. The Balaban J connectivity index is 1.26. The van der Waals surface area contributed by atoms with E-state index in [1.807, 2.05) is 18.2 Å². The summed E-state index contributed by atoms with van der Waals surface area (Å²) in [5.74, 6) is 0.592. The summed E-state index contributed by atoms with van der Waals surface area (Å²) in [5, 5.41) is 6.36. The summed E-state index contributed by atoms with van der Waals surface area (Å²) >= 11 is 0. The van der Waals surface area contributed by atoms with Crippen molar-refractivity contribution in [2.24, 2.45) is 5.92 Å². The average molecular weight is 392 g/mol. The van der Waals surface area contributed by atoms with E-state index in [1.54, 1.807) is 0 Å². The predicted octanol–water partition coefficient (Wildman–Crippen LogP) is 4.53. The lowest BCUT2D eigenvalue weighted by Crippen LogP contribution is -2.40. The summed E-state index contributed by atoms with van der Waals surface area (Å²) in [7, 11) is 0. The van der Waals surface area contributed by atoms with E-state index in [-0.39, 0.29) is 12.1 Å². The fourth-order valence-electron chi connectivity index (χ4n) is 4.41. The fraction of sp³-hybridized carbons (Fsp3) is 0.480. The number of urea groups is 1. The molecule has 1 aliphatic carbocycles. The van der Waals surface area contributed by atoms with Gasteiger partial charge in [-0.15, -0.1) is 0 Å². The summed E-state index contributed by atoms with van der Waals surface area (Å²) in [6.07, 6.45) is 6.95. The van der Waals surface area contributed by atoms with Gasteiger partial charge in [-0.1, -0.05) is 60.7 Å². The van der Waals surface area contributed by atoms with Crippen molar-refractivity contribution in [3.63, 3.8) is 0 Å². The van der Waals surface area contributed by atoms with Gasteiger partial charge in [0.1, 0.15) is 0 Å².